The van der Waals surface area contributed by atoms with Crippen LogP contribution in [0.5, 0.6) is 5.75 Å². The van der Waals surface area contributed by atoms with E-state index in [0.717, 1.165) is 5.69 Å². The quantitative estimate of drug-likeness (QED) is 0.413. The largest absolute Gasteiger partial charge is 0.455 e. The normalized spacial score (nSPS) is 28.8. The van der Waals surface area contributed by atoms with Gasteiger partial charge in [0.1, 0.15) is 5.75 Å². The molecule has 3 atom stereocenters. The van der Waals surface area contributed by atoms with Gasteiger partial charge in [0.2, 0.25) is 6.29 Å². The lowest BCUT2D eigenvalue weighted by molar-refractivity contribution is -0.163. The van der Waals surface area contributed by atoms with Crippen LogP contribution in [0.25, 0.3) is 0 Å². The Morgan fingerprint density at radius 1 is 1.17 bits per heavy atom. The van der Waals surface area contributed by atoms with Crippen molar-refractivity contribution < 1.29 is 23.7 Å². The highest BCUT2D eigenvalue weighted by Crippen LogP contribution is 2.46. The fourth-order valence-electron chi connectivity index (χ4n) is 2.76. The molecule has 0 aromatic heterocycles. The maximum atomic E-state index is 11.4. The fourth-order valence-corrected chi connectivity index (χ4v) is 2.76. The number of hydrogen-bond acceptors (Lipinski definition) is 6. The number of carbonyl (C=O) groups excluding carboxylic acids is 1. The lowest BCUT2D eigenvalue weighted by Gasteiger charge is -2.32. The van der Waals surface area contributed by atoms with Crippen molar-refractivity contribution in [1.82, 2.24) is 0 Å². The summed E-state index contributed by atoms with van der Waals surface area (Å²) in [6, 6.07) is 7.71. The number of hydrogen-bond donors (Lipinski definition) is 0. The third-order valence-corrected chi connectivity index (χ3v) is 4.32. The molecule has 2 saturated heterocycles. The Kier molecular flexibility index (Phi) is 4.44. The molecule has 2 fully saturated rings. The number of rotatable bonds is 8. The second-order valence-corrected chi connectivity index (χ2v) is 6.56. The summed E-state index contributed by atoms with van der Waals surface area (Å²) in [5, 5.41) is 0. The molecule has 1 aromatic carbocycles. The van der Waals surface area contributed by atoms with Gasteiger partial charge in [-0.25, -0.2) is 0 Å². The zero-order valence-electron chi connectivity index (χ0n) is 14.7. The van der Waals surface area contributed by atoms with Gasteiger partial charge in [-0.1, -0.05) is 13.8 Å². The summed E-state index contributed by atoms with van der Waals surface area (Å²) in [4.78, 5) is 13.6. The summed E-state index contributed by atoms with van der Waals surface area (Å²) < 4.78 is 22.2. The van der Waals surface area contributed by atoms with Gasteiger partial charge < -0.3 is 23.8 Å². The Bertz CT molecular complexity index is 574. The topological polar surface area (TPSA) is 63.8 Å². The Morgan fingerprint density at radius 3 is 2.12 bits per heavy atom. The molecule has 2 aliphatic heterocycles. The average Bonchev–Trinajstić information content (AvgIpc) is 3.48. The smallest absolute Gasteiger partial charge is 0.308 e. The van der Waals surface area contributed by atoms with Crippen LogP contribution in [0.4, 0.5) is 5.69 Å². The van der Waals surface area contributed by atoms with Crippen LogP contribution >= 0.6 is 0 Å². The molecule has 2 aliphatic rings. The van der Waals surface area contributed by atoms with E-state index in [1.165, 1.54) is 0 Å². The van der Waals surface area contributed by atoms with E-state index in [2.05, 4.69) is 18.7 Å². The molecule has 3 rings (SSSR count). The van der Waals surface area contributed by atoms with E-state index in [-0.39, 0.29) is 17.4 Å². The van der Waals surface area contributed by atoms with Gasteiger partial charge in [0, 0.05) is 18.5 Å². The van der Waals surface area contributed by atoms with Crippen molar-refractivity contribution in [1.29, 1.82) is 0 Å². The van der Waals surface area contributed by atoms with Crippen LogP contribution in [0, 0.1) is 0 Å². The van der Waals surface area contributed by atoms with Crippen LogP contribution in [-0.2, 0) is 19.0 Å². The second-order valence-electron chi connectivity index (χ2n) is 6.56. The van der Waals surface area contributed by atoms with Gasteiger partial charge in [0.15, 0.2) is 11.4 Å². The second kappa shape index (κ2) is 6.26. The molecular formula is C18H25NO5. The first-order chi connectivity index (χ1) is 11.4. The van der Waals surface area contributed by atoms with E-state index in [4.69, 9.17) is 18.9 Å². The lowest BCUT2D eigenvalue weighted by Crippen LogP contribution is -2.46. The van der Waals surface area contributed by atoms with Crippen LogP contribution in [0.15, 0.2) is 24.3 Å². The van der Waals surface area contributed by atoms with Gasteiger partial charge in [0.05, 0.1) is 13.2 Å². The van der Waals surface area contributed by atoms with Crippen LogP contribution < -0.4 is 9.64 Å². The van der Waals surface area contributed by atoms with Crippen molar-refractivity contribution in [3.8, 4) is 5.75 Å². The van der Waals surface area contributed by atoms with Gasteiger partial charge >= 0.3 is 5.97 Å². The van der Waals surface area contributed by atoms with Crippen molar-refractivity contribution in [3.05, 3.63) is 24.3 Å². The molecule has 1 aromatic rings. The molecule has 0 spiro atoms. The van der Waals surface area contributed by atoms with Crippen molar-refractivity contribution in [2.45, 2.75) is 58.3 Å². The predicted octanol–water partition coefficient (Wildman–Crippen LogP) is 3.05. The number of nitrogens with zero attached hydrogens (tertiary/aromatic N) is 1. The van der Waals surface area contributed by atoms with Crippen molar-refractivity contribution in [2.24, 2.45) is 0 Å². The molecule has 132 valence electrons. The first kappa shape index (κ1) is 17.0. The van der Waals surface area contributed by atoms with E-state index in [0.29, 0.717) is 31.8 Å². The minimum atomic E-state index is -0.562. The van der Waals surface area contributed by atoms with E-state index in [9.17, 15) is 4.79 Å². The monoisotopic (exact) mass is 335 g/mol. The van der Waals surface area contributed by atoms with Crippen LogP contribution in [0.3, 0.4) is 0 Å². The zero-order chi connectivity index (χ0) is 17.4. The fraction of sp³-hybridized carbons (Fsp3) is 0.611. The van der Waals surface area contributed by atoms with E-state index in [1.807, 2.05) is 31.2 Å². The zero-order valence-corrected chi connectivity index (χ0v) is 14.7. The summed E-state index contributed by atoms with van der Waals surface area (Å²) >= 11 is 0. The molecular weight excluding hydrogens is 310 g/mol. The number of anilines is 1. The van der Waals surface area contributed by atoms with E-state index in [1.54, 1.807) is 6.92 Å². The number of esters is 1. The summed E-state index contributed by atoms with van der Waals surface area (Å²) in [5.74, 6) is 0.403. The Labute approximate surface area is 142 Å². The lowest BCUT2D eigenvalue weighted by atomic mass is 10.1. The van der Waals surface area contributed by atoms with E-state index < -0.39 is 6.29 Å². The number of ether oxygens (including phenoxy) is 4. The Balaban J connectivity index is 1.69. The minimum absolute atomic E-state index is 0.262. The first-order valence-corrected chi connectivity index (χ1v) is 8.44. The molecule has 0 N–H and O–H groups in total. The average molecular weight is 335 g/mol. The highest BCUT2D eigenvalue weighted by molar-refractivity contribution is 5.69. The molecule has 0 saturated carbocycles. The maximum absolute atomic E-state index is 11.4. The summed E-state index contributed by atoms with van der Waals surface area (Å²) in [6.45, 7) is 9.17. The van der Waals surface area contributed by atoms with Crippen molar-refractivity contribution in [3.63, 3.8) is 0 Å². The summed E-state index contributed by atoms with van der Waals surface area (Å²) in [5.41, 5.74) is 0.396. The van der Waals surface area contributed by atoms with E-state index >= 15 is 0 Å². The third-order valence-electron chi connectivity index (χ3n) is 4.32. The maximum Gasteiger partial charge on any atom is 0.308 e. The molecule has 0 aliphatic carbocycles. The van der Waals surface area contributed by atoms with Gasteiger partial charge in [-0.3, -0.25) is 4.79 Å². The number of carbonyl (C=O) groups is 1. The Hall–Kier alpha value is -1.79. The van der Waals surface area contributed by atoms with Crippen molar-refractivity contribution in [2.75, 3.05) is 18.1 Å². The molecule has 24 heavy (non-hydrogen) atoms. The van der Waals surface area contributed by atoms with Gasteiger partial charge in [0.25, 0.3) is 0 Å². The molecule has 0 bridgehead atoms. The van der Waals surface area contributed by atoms with Crippen LogP contribution in [0.2, 0.25) is 0 Å². The SMILES string of the molecule is CCC(=O)OC(CC)Oc1ccc(N(C2(C)CO2)C2(C)CO2)cc1. The summed E-state index contributed by atoms with van der Waals surface area (Å²) in [6.07, 6.45) is 0.371. The molecule has 6 heteroatoms. The van der Waals surface area contributed by atoms with Gasteiger partial charge in [-0.15, -0.1) is 0 Å². The number of benzene rings is 1. The standard InChI is InChI=1S/C18H25NO5/c1-5-15(20)24-16(6-2)23-14-9-7-13(8-10-14)19(17(3)11-21-17)18(4)12-22-18/h7-10,16H,5-6,11-12H2,1-4H3. The molecule has 3 unspecified atom stereocenters. The first-order valence-electron chi connectivity index (χ1n) is 8.44. The minimum Gasteiger partial charge on any atom is -0.455 e. The number of epoxide rings is 2. The highest BCUT2D eigenvalue weighted by Gasteiger charge is 2.58. The Morgan fingerprint density at radius 2 is 1.71 bits per heavy atom. The van der Waals surface area contributed by atoms with Crippen molar-refractivity contribution >= 4 is 11.7 Å². The molecule has 0 radical (unpaired) electrons. The van der Waals surface area contributed by atoms with Gasteiger partial charge in [-0.05, 0) is 38.1 Å². The predicted molar refractivity (Wildman–Crippen MR) is 88.7 cm³/mol. The molecule has 6 nitrogen and oxygen atoms in total. The highest BCUT2D eigenvalue weighted by atomic mass is 16.7. The third kappa shape index (κ3) is 3.49. The van der Waals surface area contributed by atoms with Crippen LogP contribution in [-0.4, -0.2) is 36.9 Å². The molecule has 0 amide bonds. The van der Waals surface area contributed by atoms with Gasteiger partial charge in [-0.2, -0.15) is 0 Å². The molecule has 2 heterocycles. The summed E-state index contributed by atoms with van der Waals surface area (Å²) in [7, 11) is 0. The van der Waals surface area contributed by atoms with Crippen LogP contribution in [0.1, 0.15) is 40.5 Å².